The molecule has 4 heteroatoms. The predicted octanol–water partition coefficient (Wildman–Crippen LogP) is 3.76. The van der Waals surface area contributed by atoms with Gasteiger partial charge in [-0.3, -0.25) is 4.90 Å². The number of pyridine rings is 1. The summed E-state index contributed by atoms with van der Waals surface area (Å²) < 4.78 is 0. The minimum absolute atomic E-state index is 0.267. The van der Waals surface area contributed by atoms with Gasteiger partial charge in [-0.1, -0.05) is 23.2 Å². The third-order valence-corrected chi connectivity index (χ3v) is 3.89. The van der Waals surface area contributed by atoms with Crippen molar-refractivity contribution >= 4 is 23.2 Å². The van der Waals surface area contributed by atoms with E-state index >= 15 is 0 Å². The lowest BCUT2D eigenvalue weighted by Crippen LogP contribution is -2.37. The molecule has 0 unspecified atom stereocenters. The van der Waals surface area contributed by atoms with Gasteiger partial charge in [-0.15, -0.1) is 0 Å². The van der Waals surface area contributed by atoms with Crippen LogP contribution in [0.5, 0.6) is 0 Å². The van der Waals surface area contributed by atoms with E-state index in [1.165, 1.54) is 12.8 Å². The van der Waals surface area contributed by atoms with Crippen molar-refractivity contribution in [1.29, 1.82) is 0 Å². The van der Waals surface area contributed by atoms with Gasteiger partial charge in [-0.05, 0) is 39.3 Å². The van der Waals surface area contributed by atoms with E-state index < -0.39 is 0 Å². The van der Waals surface area contributed by atoms with Gasteiger partial charge in [0.2, 0.25) is 0 Å². The third-order valence-electron chi connectivity index (χ3n) is 3.33. The van der Waals surface area contributed by atoms with Crippen molar-refractivity contribution < 1.29 is 0 Å². The summed E-state index contributed by atoms with van der Waals surface area (Å²) in [6, 6.07) is 1.71. The zero-order chi connectivity index (χ0) is 11.8. The second-order valence-electron chi connectivity index (χ2n) is 4.94. The Labute approximate surface area is 107 Å². The van der Waals surface area contributed by atoms with Gasteiger partial charge in [0.05, 0.1) is 0 Å². The van der Waals surface area contributed by atoms with Crippen LogP contribution < -0.4 is 0 Å². The van der Waals surface area contributed by atoms with Crippen LogP contribution in [0.15, 0.2) is 12.3 Å². The summed E-state index contributed by atoms with van der Waals surface area (Å²) in [4.78, 5) is 6.53. The molecule has 0 N–H and O–H groups in total. The monoisotopic (exact) mass is 258 g/mol. The molecule has 0 aromatic carbocycles. The third kappa shape index (κ3) is 2.50. The Morgan fingerprint density at radius 2 is 2.19 bits per heavy atom. The molecule has 1 aromatic rings. The first-order valence-electron chi connectivity index (χ1n) is 5.54. The van der Waals surface area contributed by atoms with Gasteiger partial charge in [-0.25, -0.2) is 4.98 Å². The number of likely N-dealkylation sites (tertiary alicyclic amines) is 1. The van der Waals surface area contributed by atoms with Crippen molar-refractivity contribution in [3.05, 3.63) is 28.0 Å². The molecule has 1 fully saturated rings. The lowest BCUT2D eigenvalue weighted by atomic mass is 10.0. The Balaban J connectivity index is 2.15. The maximum Gasteiger partial charge on any atom is 0.130 e. The summed E-state index contributed by atoms with van der Waals surface area (Å²) in [6.07, 6.45) is 4.27. The van der Waals surface area contributed by atoms with E-state index in [1.54, 1.807) is 12.3 Å². The van der Waals surface area contributed by atoms with Gasteiger partial charge in [0, 0.05) is 28.9 Å². The van der Waals surface area contributed by atoms with Gasteiger partial charge >= 0.3 is 0 Å². The van der Waals surface area contributed by atoms with Crippen LogP contribution in [-0.2, 0) is 6.54 Å². The van der Waals surface area contributed by atoms with E-state index in [1.807, 2.05) is 0 Å². The quantitative estimate of drug-likeness (QED) is 0.752. The van der Waals surface area contributed by atoms with Gasteiger partial charge in [0.1, 0.15) is 5.15 Å². The standard InChI is InChI=1S/C12H16Cl2N2/c1-12(2)4-3-5-16(12)8-9-7-15-11(14)6-10(9)13/h6-7H,3-5,8H2,1-2H3. The van der Waals surface area contributed by atoms with E-state index in [-0.39, 0.29) is 5.54 Å². The molecule has 0 bridgehead atoms. The Morgan fingerprint density at radius 3 is 2.75 bits per heavy atom. The molecular weight excluding hydrogens is 243 g/mol. The van der Waals surface area contributed by atoms with Crippen molar-refractivity contribution in [2.45, 2.75) is 38.8 Å². The number of hydrogen-bond donors (Lipinski definition) is 0. The van der Waals surface area contributed by atoms with Crippen LogP contribution >= 0.6 is 23.2 Å². The number of nitrogens with zero attached hydrogens (tertiary/aromatic N) is 2. The molecule has 0 aliphatic carbocycles. The van der Waals surface area contributed by atoms with Crippen LogP contribution in [0.25, 0.3) is 0 Å². The fourth-order valence-corrected chi connectivity index (χ4v) is 2.64. The predicted molar refractivity (Wildman–Crippen MR) is 68.0 cm³/mol. The smallest absolute Gasteiger partial charge is 0.130 e. The first-order valence-corrected chi connectivity index (χ1v) is 6.29. The first-order chi connectivity index (χ1) is 7.49. The summed E-state index contributed by atoms with van der Waals surface area (Å²) in [7, 11) is 0. The molecule has 2 nitrogen and oxygen atoms in total. The fourth-order valence-electron chi connectivity index (χ4n) is 2.21. The highest BCUT2D eigenvalue weighted by molar-refractivity contribution is 6.34. The lowest BCUT2D eigenvalue weighted by molar-refractivity contribution is 0.166. The molecule has 1 aromatic heterocycles. The molecule has 0 amide bonds. The normalized spacial score (nSPS) is 20.2. The van der Waals surface area contributed by atoms with E-state index in [9.17, 15) is 0 Å². The minimum Gasteiger partial charge on any atom is -0.294 e. The highest BCUT2D eigenvalue weighted by atomic mass is 35.5. The van der Waals surface area contributed by atoms with Crippen molar-refractivity contribution in [2.24, 2.45) is 0 Å². The van der Waals surface area contributed by atoms with Crippen molar-refractivity contribution in [2.75, 3.05) is 6.54 Å². The number of halogens is 2. The van der Waals surface area contributed by atoms with Crippen LogP contribution in [0.3, 0.4) is 0 Å². The molecule has 1 aliphatic heterocycles. The van der Waals surface area contributed by atoms with Gasteiger partial charge < -0.3 is 0 Å². The van der Waals surface area contributed by atoms with Crippen LogP contribution in [0.4, 0.5) is 0 Å². The Bertz CT molecular complexity index is 391. The molecule has 0 saturated carbocycles. The molecule has 88 valence electrons. The fraction of sp³-hybridized carbons (Fsp3) is 0.583. The summed E-state index contributed by atoms with van der Waals surface area (Å²) in [6.45, 7) is 6.54. The van der Waals surface area contributed by atoms with Gasteiger partial charge in [0.15, 0.2) is 0 Å². The summed E-state index contributed by atoms with van der Waals surface area (Å²) in [5, 5.41) is 1.16. The van der Waals surface area contributed by atoms with Crippen molar-refractivity contribution in [3.8, 4) is 0 Å². The second kappa shape index (κ2) is 4.52. The molecule has 0 atom stereocenters. The van der Waals surface area contributed by atoms with Crippen molar-refractivity contribution in [3.63, 3.8) is 0 Å². The maximum atomic E-state index is 6.15. The number of aromatic nitrogens is 1. The van der Waals surface area contributed by atoms with E-state index in [0.29, 0.717) is 10.2 Å². The summed E-state index contributed by atoms with van der Waals surface area (Å²) in [5.74, 6) is 0. The number of rotatable bonds is 2. The average molecular weight is 259 g/mol. The highest BCUT2D eigenvalue weighted by Gasteiger charge is 2.31. The molecule has 2 heterocycles. The lowest BCUT2D eigenvalue weighted by Gasteiger charge is -2.31. The Hall–Kier alpha value is -0.310. The molecule has 2 rings (SSSR count). The molecule has 1 saturated heterocycles. The zero-order valence-corrected chi connectivity index (χ0v) is 11.1. The average Bonchev–Trinajstić information content (AvgIpc) is 2.50. The molecular formula is C12H16Cl2N2. The maximum absolute atomic E-state index is 6.15. The van der Waals surface area contributed by atoms with E-state index in [4.69, 9.17) is 23.2 Å². The van der Waals surface area contributed by atoms with Crippen LogP contribution in [0, 0.1) is 0 Å². The summed E-state index contributed by atoms with van der Waals surface area (Å²) >= 11 is 11.9. The van der Waals surface area contributed by atoms with Crippen LogP contribution in [-0.4, -0.2) is 22.0 Å². The molecule has 1 aliphatic rings. The topological polar surface area (TPSA) is 16.1 Å². The van der Waals surface area contributed by atoms with Gasteiger partial charge in [-0.2, -0.15) is 0 Å². The van der Waals surface area contributed by atoms with Crippen LogP contribution in [0.2, 0.25) is 10.2 Å². The molecule has 0 spiro atoms. The Kier molecular flexibility index (Phi) is 3.43. The first kappa shape index (κ1) is 12.2. The molecule has 0 radical (unpaired) electrons. The van der Waals surface area contributed by atoms with Crippen molar-refractivity contribution in [1.82, 2.24) is 9.88 Å². The Morgan fingerprint density at radius 1 is 1.44 bits per heavy atom. The summed E-state index contributed by atoms with van der Waals surface area (Å²) in [5.41, 5.74) is 1.32. The zero-order valence-electron chi connectivity index (χ0n) is 9.63. The highest BCUT2D eigenvalue weighted by Crippen LogP contribution is 2.31. The van der Waals surface area contributed by atoms with Crippen LogP contribution in [0.1, 0.15) is 32.3 Å². The largest absolute Gasteiger partial charge is 0.294 e. The SMILES string of the molecule is CC1(C)CCCN1Cc1cnc(Cl)cc1Cl. The van der Waals surface area contributed by atoms with E-state index in [0.717, 1.165) is 18.7 Å². The second-order valence-corrected chi connectivity index (χ2v) is 5.73. The molecule has 16 heavy (non-hydrogen) atoms. The van der Waals surface area contributed by atoms with E-state index in [2.05, 4.69) is 23.7 Å². The number of hydrogen-bond acceptors (Lipinski definition) is 2. The minimum atomic E-state index is 0.267. The van der Waals surface area contributed by atoms with Gasteiger partial charge in [0.25, 0.3) is 0 Å².